The van der Waals surface area contributed by atoms with Gasteiger partial charge in [-0.25, -0.2) is 4.68 Å². The molecule has 2 aromatic rings. The highest BCUT2D eigenvalue weighted by Gasteiger charge is 2.21. The molecule has 2 aromatic heterocycles. The fourth-order valence-corrected chi connectivity index (χ4v) is 2.78. The quantitative estimate of drug-likeness (QED) is 0.925. The van der Waals surface area contributed by atoms with E-state index < -0.39 is 0 Å². The average Bonchev–Trinajstić information content (AvgIpc) is 3.07. The van der Waals surface area contributed by atoms with Gasteiger partial charge < -0.3 is 10.1 Å². The van der Waals surface area contributed by atoms with E-state index in [4.69, 9.17) is 4.74 Å². The minimum absolute atomic E-state index is 0.111. The van der Waals surface area contributed by atoms with Crippen molar-refractivity contribution in [2.45, 2.75) is 19.4 Å². The summed E-state index contributed by atoms with van der Waals surface area (Å²) < 4.78 is 7.26. The Morgan fingerprint density at radius 1 is 1.58 bits per heavy atom. The van der Waals surface area contributed by atoms with Crippen LogP contribution in [0, 0.1) is 0 Å². The Morgan fingerprint density at radius 3 is 3.37 bits per heavy atom. The molecule has 0 saturated heterocycles. The number of aromatic nitrogens is 2. The number of nitrogens with one attached hydrogen (secondary N) is 1. The number of carbonyl (C=O) groups is 1. The smallest absolute Gasteiger partial charge is 0.258 e. The standard InChI is InChI=1S/C13H15N3O2S/c17-12(14-5-4-10-3-1-8-19-10)11-9-15-16-6-2-7-18-13(11)16/h1,3,8-9H,2,4-7H2,(H,14,17). The van der Waals surface area contributed by atoms with E-state index in [1.54, 1.807) is 22.2 Å². The topological polar surface area (TPSA) is 56.2 Å². The molecule has 1 aliphatic heterocycles. The van der Waals surface area contributed by atoms with Crippen molar-refractivity contribution in [2.24, 2.45) is 0 Å². The van der Waals surface area contributed by atoms with Gasteiger partial charge in [-0.05, 0) is 17.9 Å². The molecule has 3 rings (SSSR count). The number of aryl methyl sites for hydroxylation is 1. The molecular weight excluding hydrogens is 262 g/mol. The van der Waals surface area contributed by atoms with Crippen LogP contribution < -0.4 is 10.1 Å². The molecule has 19 heavy (non-hydrogen) atoms. The highest BCUT2D eigenvalue weighted by Crippen LogP contribution is 2.21. The van der Waals surface area contributed by atoms with Crippen LogP contribution in [0.3, 0.4) is 0 Å². The summed E-state index contributed by atoms with van der Waals surface area (Å²) in [5.41, 5.74) is 0.533. The molecule has 0 unspecified atom stereocenters. The van der Waals surface area contributed by atoms with Crippen molar-refractivity contribution in [3.05, 3.63) is 34.2 Å². The lowest BCUT2D eigenvalue weighted by Crippen LogP contribution is -2.26. The molecule has 0 aromatic carbocycles. The molecule has 0 saturated carbocycles. The lowest BCUT2D eigenvalue weighted by molar-refractivity contribution is 0.0947. The molecule has 100 valence electrons. The number of fused-ring (bicyclic) bond motifs is 1. The molecule has 1 N–H and O–H groups in total. The predicted octanol–water partition coefficient (Wildman–Crippen LogP) is 1.70. The lowest BCUT2D eigenvalue weighted by Gasteiger charge is -2.15. The summed E-state index contributed by atoms with van der Waals surface area (Å²) in [6.07, 6.45) is 3.38. The molecule has 5 nitrogen and oxygen atoms in total. The summed E-state index contributed by atoms with van der Waals surface area (Å²) >= 11 is 1.70. The molecule has 1 amide bonds. The third kappa shape index (κ3) is 2.63. The van der Waals surface area contributed by atoms with Crippen LogP contribution in [-0.4, -0.2) is 28.8 Å². The van der Waals surface area contributed by atoms with Gasteiger partial charge in [0.15, 0.2) is 0 Å². The van der Waals surface area contributed by atoms with Crippen molar-refractivity contribution in [1.29, 1.82) is 0 Å². The maximum atomic E-state index is 12.1. The summed E-state index contributed by atoms with van der Waals surface area (Å²) in [5, 5.41) is 9.12. The minimum Gasteiger partial charge on any atom is -0.477 e. The number of amides is 1. The van der Waals surface area contributed by atoms with E-state index in [9.17, 15) is 4.79 Å². The van der Waals surface area contributed by atoms with Crippen molar-refractivity contribution in [2.75, 3.05) is 13.2 Å². The number of ether oxygens (including phenoxy) is 1. The van der Waals surface area contributed by atoms with E-state index in [2.05, 4.69) is 16.5 Å². The second-order valence-corrected chi connectivity index (χ2v) is 5.41. The predicted molar refractivity (Wildman–Crippen MR) is 72.7 cm³/mol. The molecule has 0 aliphatic carbocycles. The first-order valence-corrected chi connectivity index (χ1v) is 7.22. The summed E-state index contributed by atoms with van der Waals surface area (Å²) in [4.78, 5) is 13.3. The molecule has 0 fully saturated rings. The van der Waals surface area contributed by atoms with Crippen molar-refractivity contribution in [1.82, 2.24) is 15.1 Å². The first-order chi connectivity index (χ1) is 9.34. The first kappa shape index (κ1) is 12.2. The molecule has 6 heteroatoms. The van der Waals surface area contributed by atoms with Gasteiger partial charge in [0, 0.05) is 24.4 Å². The second-order valence-electron chi connectivity index (χ2n) is 4.37. The maximum Gasteiger partial charge on any atom is 0.258 e. The van der Waals surface area contributed by atoms with Crippen molar-refractivity contribution >= 4 is 17.2 Å². The van der Waals surface area contributed by atoms with Gasteiger partial charge in [-0.1, -0.05) is 6.07 Å². The van der Waals surface area contributed by atoms with Gasteiger partial charge in [0.2, 0.25) is 5.88 Å². The van der Waals surface area contributed by atoms with Crippen LogP contribution in [0.1, 0.15) is 21.7 Å². The van der Waals surface area contributed by atoms with Crippen LogP contribution in [0.2, 0.25) is 0 Å². The Labute approximate surface area is 115 Å². The number of rotatable bonds is 4. The zero-order chi connectivity index (χ0) is 13.1. The van der Waals surface area contributed by atoms with Gasteiger partial charge in [0.05, 0.1) is 12.8 Å². The average molecular weight is 277 g/mol. The van der Waals surface area contributed by atoms with Crippen LogP contribution in [0.15, 0.2) is 23.7 Å². The summed E-state index contributed by atoms with van der Waals surface area (Å²) in [6.45, 7) is 2.10. The third-order valence-corrected chi connectivity index (χ3v) is 3.96. The number of hydrogen-bond acceptors (Lipinski definition) is 4. The zero-order valence-electron chi connectivity index (χ0n) is 10.5. The SMILES string of the molecule is O=C(NCCc1cccs1)c1cnn2c1OCCC2. The Bertz CT molecular complexity index is 562. The van der Waals surface area contributed by atoms with E-state index in [1.807, 2.05) is 11.4 Å². The van der Waals surface area contributed by atoms with Crippen LogP contribution in [0.25, 0.3) is 0 Å². The van der Waals surface area contributed by atoms with E-state index in [-0.39, 0.29) is 5.91 Å². The Hall–Kier alpha value is -1.82. The molecule has 0 spiro atoms. The number of hydrogen-bond donors (Lipinski definition) is 1. The van der Waals surface area contributed by atoms with Gasteiger partial charge in [-0.2, -0.15) is 5.10 Å². The van der Waals surface area contributed by atoms with Gasteiger partial charge in [0.25, 0.3) is 5.91 Å². The van der Waals surface area contributed by atoms with Crippen molar-refractivity contribution in [3.63, 3.8) is 0 Å². The fourth-order valence-electron chi connectivity index (χ4n) is 2.07. The molecule has 0 radical (unpaired) electrons. The van der Waals surface area contributed by atoms with E-state index in [0.29, 0.717) is 24.6 Å². The summed E-state index contributed by atoms with van der Waals surface area (Å²) in [5.74, 6) is 0.486. The molecule has 0 bridgehead atoms. The van der Waals surface area contributed by atoms with E-state index >= 15 is 0 Å². The highest BCUT2D eigenvalue weighted by molar-refractivity contribution is 7.09. The van der Waals surface area contributed by atoms with Crippen molar-refractivity contribution in [3.8, 4) is 5.88 Å². The Balaban J connectivity index is 1.59. The van der Waals surface area contributed by atoms with Gasteiger partial charge in [-0.15, -0.1) is 11.3 Å². The zero-order valence-corrected chi connectivity index (χ0v) is 11.3. The maximum absolute atomic E-state index is 12.1. The number of thiophene rings is 1. The monoisotopic (exact) mass is 277 g/mol. The normalized spacial score (nSPS) is 13.7. The molecular formula is C13H15N3O2S. The summed E-state index contributed by atoms with van der Waals surface area (Å²) in [6, 6.07) is 4.09. The Kier molecular flexibility index (Phi) is 3.50. The van der Waals surface area contributed by atoms with Gasteiger partial charge in [0.1, 0.15) is 5.56 Å². The number of carbonyl (C=O) groups excluding carboxylic acids is 1. The van der Waals surface area contributed by atoms with Crippen LogP contribution in [0.4, 0.5) is 0 Å². The van der Waals surface area contributed by atoms with Crippen LogP contribution >= 0.6 is 11.3 Å². The van der Waals surface area contributed by atoms with E-state index in [1.165, 1.54) is 4.88 Å². The second kappa shape index (κ2) is 5.44. The lowest BCUT2D eigenvalue weighted by atomic mass is 10.3. The molecule has 0 atom stereocenters. The molecule has 1 aliphatic rings. The number of nitrogens with zero attached hydrogens (tertiary/aromatic N) is 2. The minimum atomic E-state index is -0.111. The third-order valence-electron chi connectivity index (χ3n) is 3.03. The first-order valence-electron chi connectivity index (χ1n) is 6.34. The van der Waals surface area contributed by atoms with Gasteiger partial charge >= 0.3 is 0 Å². The largest absolute Gasteiger partial charge is 0.477 e. The Morgan fingerprint density at radius 2 is 2.53 bits per heavy atom. The fraction of sp³-hybridized carbons (Fsp3) is 0.385. The van der Waals surface area contributed by atoms with E-state index in [0.717, 1.165) is 19.4 Å². The van der Waals surface area contributed by atoms with Gasteiger partial charge in [-0.3, -0.25) is 4.79 Å². The van der Waals surface area contributed by atoms with Crippen LogP contribution in [0.5, 0.6) is 5.88 Å². The highest BCUT2D eigenvalue weighted by atomic mass is 32.1. The molecule has 3 heterocycles. The summed E-state index contributed by atoms with van der Waals surface area (Å²) in [7, 11) is 0. The van der Waals surface area contributed by atoms with Crippen LogP contribution in [-0.2, 0) is 13.0 Å². The van der Waals surface area contributed by atoms with Crippen molar-refractivity contribution < 1.29 is 9.53 Å².